The summed E-state index contributed by atoms with van der Waals surface area (Å²) >= 11 is 0. The predicted octanol–water partition coefficient (Wildman–Crippen LogP) is 1.93. The molecule has 2 N–H and O–H groups in total. The molecule has 0 spiro atoms. The summed E-state index contributed by atoms with van der Waals surface area (Å²) in [6.45, 7) is 7.82. The van der Waals surface area contributed by atoms with E-state index in [0.29, 0.717) is 18.5 Å². The molecule has 0 bridgehead atoms. The van der Waals surface area contributed by atoms with Gasteiger partial charge in [-0.3, -0.25) is 4.79 Å². The molecule has 98 valence electrons. The van der Waals surface area contributed by atoms with E-state index in [1.165, 1.54) is 19.3 Å². The fourth-order valence-corrected chi connectivity index (χ4v) is 3.42. The Morgan fingerprint density at radius 1 is 1.35 bits per heavy atom. The van der Waals surface area contributed by atoms with Gasteiger partial charge in [0.25, 0.3) is 0 Å². The van der Waals surface area contributed by atoms with Gasteiger partial charge in [0.05, 0.1) is 0 Å². The van der Waals surface area contributed by atoms with E-state index in [9.17, 15) is 4.79 Å². The third-order valence-corrected chi connectivity index (χ3v) is 4.45. The second kappa shape index (κ2) is 5.38. The van der Waals surface area contributed by atoms with Gasteiger partial charge < -0.3 is 10.6 Å². The second-order valence-corrected chi connectivity index (χ2v) is 6.30. The van der Waals surface area contributed by atoms with Crippen molar-refractivity contribution in [2.45, 2.75) is 58.5 Å². The average molecular weight is 238 g/mol. The lowest BCUT2D eigenvalue weighted by Gasteiger charge is -2.39. The van der Waals surface area contributed by atoms with E-state index < -0.39 is 0 Å². The Morgan fingerprint density at radius 2 is 2.12 bits per heavy atom. The molecule has 1 aliphatic carbocycles. The number of hydrogen-bond acceptors (Lipinski definition) is 2. The van der Waals surface area contributed by atoms with Crippen LogP contribution in [0.1, 0.15) is 46.5 Å². The van der Waals surface area contributed by atoms with Crippen LogP contribution in [-0.2, 0) is 4.79 Å². The molecule has 4 atom stereocenters. The van der Waals surface area contributed by atoms with Crippen molar-refractivity contribution in [3.8, 4) is 0 Å². The van der Waals surface area contributed by atoms with E-state index in [1.807, 2.05) is 0 Å². The van der Waals surface area contributed by atoms with E-state index in [4.69, 9.17) is 0 Å². The zero-order chi connectivity index (χ0) is 12.4. The van der Waals surface area contributed by atoms with Gasteiger partial charge in [0.2, 0.25) is 5.91 Å². The number of carbonyl (C=O) groups excluding carboxylic acids is 1. The van der Waals surface area contributed by atoms with Crippen LogP contribution < -0.4 is 10.6 Å². The first-order valence-corrected chi connectivity index (χ1v) is 7.09. The highest BCUT2D eigenvalue weighted by Gasteiger charge is 2.33. The summed E-state index contributed by atoms with van der Waals surface area (Å²) in [6.07, 6.45) is 4.64. The van der Waals surface area contributed by atoms with Gasteiger partial charge in [0, 0.05) is 25.0 Å². The molecule has 0 radical (unpaired) electrons. The number of nitrogens with one attached hydrogen (secondary N) is 2. The fraction of sp³-hybridized carbons (Fsp3) is 0.929. The van der Waals surface area contributed by atoms with Crippen molar-refractivity contribution in [2.24, 2.45) is 17.8 Å². The van der Waals surface area contributed by atoms with Crippen molar-refractivity contribution < 1.29 is 4.79 Å². The SMILES string of the molecule is CC1CCC(C(C)C)C(NC2CNC(=O)C2)C1. The topological polar surface area (TPSA) is 41.1 Å². The molecule has 4 unspecified atom stereocenters. The average Bonchev–Trinajstić information content (AvgIpc) is 2.63. The van der Waals surface area contributed by atoms with Gasteiger partial charge in [-0.05, 0) is 30.6 Å². The van der Waals surface area contributed by atoms with Crippen LogP contribution in [0.15, 0.2) is 0 Å². The van der Waals surface area contributed by atoms with Gasteiger partial charge in [0.15, 0.2) is 0 Å². The fourth-order valence-electron chi connectivity index (χ4n) is 3.42. The lowest BCUT2D eigenvalue weighted by molar-refractivity contribution is -0.119. The summed E-state index contributed by atoms with van der Waals surface area (Å²) in [6, 6.07) is 0.968. The largest absolute Gasteiger partial charge is 0.354 e. The molecule has 3 heteroatoms. The standard InChI is InChI=1S/C14H26N2O/c1-9(2)12-5-4-10(3)6-13(12)16-11-7-14(17)15-8-11/h9-13,16H,4-8H2,1-3H3,(H,15,17). The normalized spacial score (nSPS) is 38.5. The number of rotatable bonds is 3. The van der Waals surface area contributed by atoms with Gasteiger partial charge in [-0.1, -0.05) is 27.2 Å². The molecule has 2 aliphatic rings. The van der Waals surface area contributed by atoms with Crippen LogP contribution in [0.25, 0.3) is 0 Å². The molecule has 3 nitrogen and oxygen atoms in total. The molecule has 1 aliphatic heterocycles. The third-order valence-electron chi connectivity index (χ3n) is 4.45. The molecule has 17 heavy (non-hydrogen) atoms. The second-order valence-electron chi connectivity index (χ2n) is 6.30. The Hall–Kier alpha value is -0.570. The van der Waals surface area contributed by atoms with Gasteiger partial charge in [-0.2, -0.15) is 0 Å². The number of carbonyl (C=O) groups is 1. The Labute approximate surface area is 105 Å². The molecular formula is C14H26N2O. The maximum Gasteiger partial charge on any atom is 0.221 e. The Kier molecular flexibility index (Phi) is 4.08. The van der Waals surface area contributed by atoms with Gasteiger partial charge in [-0.15, -0.1) is 0 Å². The first-order chi connectivity index (χ1) is 8.06. The van der Waals surface area contributed by atoms with Crippen LogP contribution >= 0.6 is 0 Å². The summed E-state index contributed by atoms with van der Waals surface area (Å²) < 4.78 is 0. The van der Waals surface area contributed by atoms with Crippen LogP contribution in [-0.4, -0.2) is 24.5 Å². The maximum atomic E-state index is 11.2. The third kappa shape index (κ3) is 3.21. The zero-order valence-corrected chi connectivity index (χ0v) is 11.3. The molecule has 1 heterocycles. The Bertz CT molecular complexity index is 277. The smallest absolute Gasteiger partial charge is 0.221 e. The van der Waals surface area contributed by atoms with Crippen molar-refractivity contribution in [3.05, 3.63) is 0 Å². The van der Waals surface area contributed by atoms with Crippen molar-refractivity contribution in [1.29, 1.82) is 0 Å². The monoisotopic (exact) mass is 238 g/mol. The highest BCUT2D eigenvalue weighted by Crippen LogP contribution is 2.33. The lowest BCUT2D eigenvalue weighted by atomic mass is 9.74. The lowest BCUT2D eigenvalue weighted by Crippen LogP contribution is -2.48. The van der Waals surface area contributed by atoms with E-state index >= 15 is 0 Å². The van der Waals surface area contributed by atoms with Crippen molar-refractivity contribution in [2.75, 3.05) is 6.54 Å². The number of amides is 1. The van der Waals surface area contributed by atoms with Gasteiger partial charge in [-0.25, -0.2) is 0 Å². The summed E-state index contributed by atoms with van der Waals surface area (Å²) in [4.78, 5) is 11.2. The van der Waals surface area contributed by atoms with Crippen molar-refractivity contribution in [3.63, 3.8) is 0 Å². The van der Waals surface area contributed by atoms with Crippen LogP contribution in [0.5, 0.6) is 0 Å². The van der Waals surface area contributed by atoms with Crippen LogP contribution in [0.3, 0.4) is 0 Å². The predicted molar refractivity (Wildman–Crippen MR) is 69.7 cm³/mol. The highest BCUT2D eigenvalue weighted by atomic mass is 16.1. The minimum absolute atomic E-state index is 0.201. The summed E-state index contributed by atoms with van der Waals surface area (Å²) in [7, 11) is 0. The van der Waals surface area contributed by atoms with E-state index in [1.54, 1.807) is 0 Å². The first kappa shape index (κ1) is 12.9. The molecule has 2 rings (SSSR count). The molecule has 1 amide bonds. The summed E-state index contributed by atoms with van der Waals surface area (Å²) in [5.41, 5.74) is 0. The Balaban J connectivity index is 1.92. The molecule has 1 saturated carbocycles. The quantitative estimate of drug-likeness (QED) is 0.789. The van der Waals surface area contributed by atoms with E-state index in [0.717, 1.165) is 24.3 Å². The summed E-state index contributed by atoms with van der Waals surface area (Å²) in [5.74, 6) is 2.55. The zero-order valence-electron chi connectivity index (χ0n) is 11.3. The highest BCUT2D eigenvalue weighted by molar-refractivity contribution is 5.78. The minimum Gasteiger partial charge on any atom is -0.354 e. The Morgan fingerprint density at radius 3 is 2.71 bits per heavy atom. The molecule has 0 aromatic heterocycles. The van der Waals surface area contributed by atoms with Crippen LogP contribution in [0.2, 0.25) is 0 Å². The van der Waals surface area contributed by atoms with E-state index in [2.05, 4.69) is 31.4 Å². The maximum absolute atomic E-state index is 11.2. The van der Waals surface area contributed by atoms with Gasteiger partial charge >= 0.3 is 0 Å². The molecular weight excluding hydrogens is 212 g/mol. The molecule has 2 fully saturated rings. The van der Waals surface area contributed by atoms with Crippen LogP contribution in [0, 0.1) is 17.8 Å². The molecule has 0 aromatic carbocycles. The van der Waals surface area contributed by atoms with Gasteiger partial charge in [0.1, 0.15) is 0 Å². The van der Waals surface area contributed by atoms with Crippen LogP contribution in [0.4, 0.5) is 0 Å². The molecule has 0 aromatic rings. The minimum atomic E-state index is 0.201. The molecule has 1 saturated heterocycles. The first-order valence-electron chi connectivity index (χ1n) is 7.09. The summed E-state index contributed by atoms with van der Waals surface area (Å²) in [5, 5.41) is 6.64. The van der Waals surface area contributed by atoms with Crippen molar-refractivity contribution in [1.82, 2.24) is 10.6 Å². The van der Waals surface area contributed by atoms with Crippen molar-refractivity contribution >= 4 is 5.91 Å². The van der Waals surface area contributed by atoms with E-state index in [-0.39, 0.29) is 5.91 Å². The number of hydrogen-bond donors (Lipinski definition) is 2.